The molecule has 0 saturated carbocycles. The summed E-state index contributed by atoms with van der Waals surface area (Å²) in [5.74, 6) is -1.28. The third-order valence-electron chi connectivity index (χ3n) is 3.44. The fourth-order valence-corrected chi connectivity index (χ4v) is 2.32. The van der Waals surface area contributed by atoms with Crippen molar-refractivity contribution in [2.24, 2.45) is 0 Å². The smallest absolute Gasteiger partial charge is 0.0978 e. The molecule has 1 heterocycles. The fraction of sp³-hybridized carbons (Fsp3) is 0.357. The Labute approximate surface area is 123 Å². The highest BCUT2D eigenvalue weighted by Gasteiger charge is 2.12. The molecular formula is C14H18ClN3O2. The summed E-state index contributed by atoms with van der Waals surface area (Å²) in [5.41, 5.74) is 7.84. The van der Waals surface area contributed by atoms with Crippen molar-refractivity contribution in [3.05, 3.63) is 40.6 Å². The van der Waals surface area contributed by atoms with Gasteiger partial charge in [-0.2, -0.15) is 0 Å². The van der Waals surface area contributed by atoms with Crippen LogP contribution in [0.1, 0.15) is 23.7 Å². The van der Waals surface area contributed by atoms with Gasteiger partial charge in [-0.15, -0.1) is 0 Å². The standard InChI is InChI=1S/C14H18ClN3O2/c1-2-18-7-5-10(6-8-18)16-17-11-3-4-13(15)12(9-11)14(19)20/h3-5,9,16-17H,2,6-8H2,1H3,(H,19,20). The Morgan fingerprint density at radius 2 is 2.25 bits per heavy atom. The highest BCUT2D eigenvalue weighted by Crippen LogP contribution is 2.19. The van der Waals surface area contributed by atoms with Crippen molar-refractivity contribution in [1.29, 1.82) is 0 Å². The van der Waals surface area contributed by atoms with Crippen LogP contribution in [0, 0.1) is 0 Å². The molecule has 0 aliphatic carbocycles. The molecule has 1 aliphatic rings. The number of benzene rings is 1. The van der Waals surface area contributed by atoms with Gasteiger partial charge >= 0.3 is 0 Å². The molecule has 6 heteroatoms. The summed E-state index contributed by atoms with van der Waals surface area (Å²) < 4.78 is 0. The molecule has 5 nitrogen and oxygen atoms in total. The second-order valence-corrected chi connectivity index (χ2v) is 5.18. The fourth-order valence-electron chi connectivity index (χ4n) is 2.13. The number of hydrogen-bond acceptors (Lipinski definition) is 4. The zero-order chi connectivity index (χ0) is 14.5. The SMILES string of the molecule is CC[NH+]1CC=C(NNc2ccc(Cl)c(C(=O)[O-])c2)CC1. The van der Waals surface area contributed by atoms with Crippen LogP contribution in [-0.4, -0.2) is 25.6 Å². The van der Waals surface area contributed by atoms with Crippen molar-refractivity contribution >= 4 is 23.3 Å². The predicted octanol–water partition coefficient (Wildman–Crippen LogP) is -0.188. The van der Waals surface area contributed by atoms with Gasteiger partial charge in [-0.1, -0.05) is 11.6 Å². The quantitative estimate of drug-likeness (QED) is 0.659. The van der Waals surface area contributed by atoms with Gasteiger partial charge in [-0.25, -0.2) is 0 Å². The molecule has 3 N–H and O–H groups in total. The Bertz CT molecular complexity index is 531. The molecule has 20 heavy (non-hydrogen) atoms. The maximum Gasteiger partial charge on any atom is 0.0978 e. The first kappa shape index (κ1) is 14.7. The number of quaternary nitrogens is 1. The van der Waals surface area contributed by atoms with E-state index >= 15 is 0 Å². The van der Waals surface area contributed by atoms with Crippen molar-refractivity contribution in [3.8, 4) is 0 Å². The van der Waals surface area contributed by atoms with Gasteiger partial charge in [0, 0.05) is 22.7 Å². The van der Waals surface area contributed by atoms with Crippen molar-refractivity contribution in [1.82, 2.24) is 5.43 Å². The highest BCUT2D eigenvalue weighted by atomic mass is 35.5. The number of likely N-dealkylation sites (N-methyl/N-ethyl adjacent to an activating group) is 1. The molecule has 1 aromatic carbocycles. The van der Waals surface area contributed by atoms with E-state index in [-0.39, 0.29) is 10.6 Å². The van der Waals surface area contributed by atoms with Gasteiger partial charge in [0.1, 0.15) is 0 Å². The summed E-state index contributed by atoms with van der Waals surface area (Å²) in [6.45, 7) is 5.41. The number of hydrazine groups is 1. The first-order valence-corrected chi connectivity index (χ1v) is 7.03. The first-order valence-electron chi connectivity index (χ1n) is 6.65. The number of carboxylic acids is 1. The zero-order valence-electron chi connectivity index (χ0n) is 11.3. The predicted molar refractivity (Wildman–Crippen MR) is 76.5 cm³/mol. The summed E-state index contributed by atoms with van der Waals surface area (Å²) in [6, 6.07) is 4.71. The maximum absolute atomic E-state index is 10.9. The van der Waals surface area contributed by atoms with Gasteiger partial charge in [-0.3, -0.25) is 0 Å². The van der Waals surface area contributed by atoms with E-state index in [2.05, 4.69) is 23.9 Å². The average molecular weight is 296 g/mol. The second kappa shape index (κ2) is 6.63. The lowest BCUT2D eigenvalue weighted by atomic mass is 10.2. The lowest BCUT2D eigenvalue weighted by Gasteiger charge is -2.23. The molecule has 0 radical (unpaired) electrons. The maximum atomic E-state index is 10.9. The Kier molecular flexibility index (Phi) is 4.87. The molecule has 108 valence electrons. The largest absolute Gasteiger partial charge is 0.545 e. The number of carboxylic acid groups (broad SMARTS) is 1. The van der Waals surface area contributed by atoms with Crippen LogP contribution in [0.15, 0.2) is 30.0 Å². The summed E-state index contributed by atoms with van der Waals surface area (Å²) >= 11 is 5.79. The monoisotopic (exact) mass is 295 g/mol. The minimum absolute atomic E-state index is 0.0160. The van der Waals surface area contributed by atoms with Crippen LogP contribution in [0.3, 0.4) is 0 Å². The molecular weight excluding hydrogens is 278 g/mol. The van der Waals surface area contributed by atoms with Crippen LogP contribution in [0.25, 0.3) is 0 Å². The molecule has 0 aromatic heterocycles. The Morgan fingerprint density at radius 1 is 1.45 bits per heavy atom. The molecule has 2 rings (SSSR count). The van der Waals surface area contributed by atoms with Gasteiger partial charge in [0.2, 0.25) is 0 Å². The van der Waals surface area contributed by atoms with Crippen molar-refractivity contribution in [3.63, 3.8) is 0 Å². The Morgan fingerprint density at radius 3 is 2.85 bits per heavy atom. The topological polar surface area (TPSA) is 68.6 Å². The van der Waals surface area contributed by atoms with Crippen LogP contribution in [0.4, 0.5) is 5.69 Å². The van der Waals surface area contributed by atoms with Crippen LogP contribution in [-0.2, 0) is 0 Å². The van der Waals surface area contributed by atoms with Crippen molar-refractivity contribution in [2.75, 3.05) is 25.1 Å². The number of anilines is 1. The van der Waals surface area contributed by atoms with E-state index in [1.807, 2.05) is 0 Å². The molecule has 0 bridgehead atoms. The molecule has 0 spiro atoms. The molecule has 1 aliphatic heterocycles. The number of carbonyl (C=O) groups is 1. The lowest BCUT2D eigenvalue weighted by molar-refractivity contribution is -0.893. The Hall–Kier alpha value is -1.72. The lowest BCUT2D eigenvalue weighted by Crippen LogP contribution is -3.12. The van der Waals surface area contributed by atoms with E-state index in [0.717, 1.165) is 31.8 Å². The molecule has 1 aromatic rings. The average Bonchev–Trinajstić information content (AvgIpc) is 2.46. The first-order chi connectivity index (χ1) is 9.60. The number of aromatic carboxylic acids is 1. The number of rotatable bonds is 5. The van der Waals surface area contributed by atoms with Gasteiger partial charge < -0.3 is 25.7 Å². The van der Waals surface area contributed by atoms with Crippen molar-refractivity contribution < 1.29 is 14.8 Å². The van der Waals surface area contributed by atoms with E-state index < -0.39 is 5.97 Å². The van der Waals surface area contributed by atoms with Gasteiger partial charge in [0.05, 0.1) is 31.3 Å². The van der Waals surface area contributed by atoms with E-state index in [9.17, 15) is 9.90 Å². The molecule has 0 fully saturated rings. The van der Waals surface area contributed by atoms with Crippen LogP contribution >= 0.6 is 11.6 Å². The number of carbonyl (C=O) groups excluding carboxylic acids is 1. The van der Waals surface area contributed by atoms with E-state index in [0.29, 0.717) is 5.69 Å². The molecule has 1 unspecified atom stereocenters. The third-order valence-corrected chi connectivity index (χ3v) is 3.77. The molecule has 0 saturated heterocycles. The number of nitrogens with one attached hydrogen (secondary N) is 3. The normalized spacial score (nSPS) is 18.3. The summed E-state index contributed by atoms with van der Waals surface area (Å²) in [7, 11) is 0. The summed E-state index contributed by atoms with van der Waals surface area (Å²) in [4.78, 5) is 12.4. The van der Waals surface area contributed by atoms with Crippen LogP contribution in [0.5, 0.6) is 0 Å². The van der Waals surface area contributed by atoms with Gasteiger partial charge in [0.15, 0.2) is 0 Å². The number of halogens is 1. The van der Waals surface area contributed by atoms with E-state index in [1.54, 1.807) is 11.0 Å². The highest BCUT2D eigenvalue weighted by molar-refractivity contribution is 6.33. The van der Waals surface area contributed by atoms with E-state index in [4.69, 9.17) is 11.6 Å². The molecule has 1 atom stereocenters. The minimum Gasteiger partial charge on any atom is -0.545 e. The van der Waals surface area contributed by atoms with E-state index in [1.165, 1.54) is 12.1 Å². The van der Waals surface area contributed by atoms with Crippen LogP contribution < -0.4 is 20.9 Å². The molecule has 0 amide bonds. The summed E-state index contributed by atoms with van der Waals surface area (Å²) in [6.07, 6.45) is 3.13. The van der Waals surface area contributed by atoms with Crippen LogP contribution in [0.2, 0.25) is 5.02 Å². The second-order valence-electron chi connectivity index (χ2n) is 4.77. The third kappa shape index (κ3) is 3.65. The number of hydrogen-bond donors (Lipinski definition) is 3. The Balaban J connectivity index is 1.96. The van der Waals surface area contributed by atoms with Gasteiger partial charge in [0.25, 0.3) is 0 Å². The van der Waals surface area contributed by atoms with Crippen molar-refractivity contribution in [2.45, 2.75) is 13.3 Å². The summed E-state index contributed by atoms with van der Waals surface area (Å²) in [5, 5.41) is 11.1. The minimum atomic E-state index is -1.28. The van der Waals surface area contributed by atoms with Gasteiger partial charge in [-0.05, 0) is 31.2 Å². The zero-order valence-corrected chi connectivity index (χ0v) is 12.1.